The van der Waals surface area contributed by atoms with Crippen molar-refractivity contribution < 1.29 is 0 Å². The van der Waals surface area contributed by atoms with Crippen LogP contribution in [0.2, 0.25) is 0 Å². The van der Waals surface area contributed by atoms with Gasteiger partial charge >= 0.3 is 0 Å². The van der Waals surface area contributed by atoms with Crippen molar-refractivity contribution in [1.82, 2.24) is 4.90 Å². The first kappa shape index (κ1) is 12.6. The van der Waals surface area contributed by atoms with Crippen LogP contribution in [0, 0.1) is 0 Å². The highest BCUT2D eigenvalue weighted by molar-refractivity contribution is 4.54. The number of nitrogens with zero attached hydrogens (tertiary/aromatic N) is 1. The first-order valence-corrected chi connectivity index (χ1v) is 4.03. The van der Waals surface area contributed by atoms with Gasteiger partial charge in [0, 0.05) is 6.04 Å². The maximum absolute atomic E-state index is 5.51. The van der Waals surface area contributed by atoms with E-state index in [0.717, 1.165) is 13.0 Å². The number of rotatable bonds is 3. The molecule has 0 saturated heterocycles. The molecule has 1 unspecified atom stereocenters. The van der Waals surface area contributed by atoms with E-state index in [9.17, 15) is 0 Å². The molecule has 2 nitrogen and oxygen atoms in total. The van der Waals surface area contributed by atoms with Gasteiger partial charge in [0.25, 0.3) is 0 Å². The lowest BCUT2D eigenvalue weighted by molar-refractivity contribution is 0.386. The zero-order valence-corrected chi connectivity index (χ0v) is 8.02. The first-order valence-electron chi connectivity index (χ1n) is 4.03. The fraction of sp³-hybridized carbons (Fsp3) is 1.00. The zero-order valence-electron chi connectivity index (χ0n) is 8.02. The molecule has 0 aliphatic carbocycles. The number of hydrogen-bond acceptors (Lipinski definition) is 2. The summed E-state index contributed by atoms with van der Waals surface area (Å²) in [5.74, 6) is 0. The zero-order chi connectivity index (χ0) is 8.57. The van der Waals surface area contributed by atoms with Crippen LogP contribution in [0.4, 0.5) is 0 Å². The lowest BCUT2D eigenvalue weighted by Gasteiger charge is -2.10. The highest BCUT2D eigenvalue weighted by Gasteiger charge is 1.93. The van der Waals surface area contributed by atoms with Crippen molar-refractivity contribution in [2.24, 2.45) is 5.73 Å². The van der Waals surface area contributed by atoms with E-state index in [4.69, 9.17) is 5.73 Å². The Kier molecular flexibility index (Phi) is 11.2. The Balaban J connectivity index is 0. The summed E-state index contributed by atoms with van der Waals surface area (Å²) in [4.78, 5) is 2.14. The standard InChI is InChI=1S/C6H16N2.C2H6/c1-6(7)4-5-8(2)3;1-2/h6H,4-5,7H2,1-3H3;1-2H3. The van der Waals surface area contributed by atoms with Crippen LogP contribution in [0.25, 0.3) is 0 Å². The second-order valence-electron chi connectivity index (χ2n) is 2.57. The molecular weight excluding hydrogens is 124 g/mol. The van der Waals surface area contributed by atoms with E-state index in [2.05, 4.69) is 19.0 Å². The summed E-state index contributed by atoms with van der Waals surface area (Å²) in [6.07, 6.45) is 1.09. The molecule has 2 N–H and O–H groups in total. The van der Waals surface area contributed by atoms with E-state index in [-0.39, 0.29) is 0 Å². The van der Waals surface area contributed by atoms with E-state index in [0.29, 0.717) is 6.04 Å². The lowest BCUT2D eigenvalue weighted by Crippen LogP contribution is -2.22. The Hall–Kier alpha value is -0.0800. The van der Waals surface area contributed by atoms with Crippen molar-refractivity contribution in [2.75, 3.05) is 20.6 Å². The molecular formula is C8H22N2. The van der Waals surface area contributed by atoms with Crippen LogP contribution in [0.5, 0.6) is 0 Å². The molecule has 10 heavy (non-hydrogen) atoms. The lowest BCUT2D eigenvalue weighted by atomic mass is 10.2. The molecule has 0 aliphatic heterocycles. The summed E-state index contributed by atoms with van der Waals surface area (Å²) in [6.45, 7) is 7.13. The number of hydrogen-bond donors (Lipinski definition) is 1. The topological polar surface area (TPSA) is 29.3 Å². The average molecular weight is 146 g/mol. The van der Waals surface area contributed by atoms with Gasteiger partial charge in [-0.15, -0.1) is 0 Å². The van der Waals surface area contributed by atoms with E-state index < -0.39 is 0 Å². The molecule has 0 bridgehead atoms. The molecule has 0 heterocycles. The maximum atomic E-state index is 5.51. The van der Waals surface area contributed by atoms with Gasteiger partial charge in [0.05, 0.1) is 0 Å². The molecule has 0 aromatic heterocycles. The van der Waals surface area contributed by atoms with Crippen LogP contribution in [0.3, 0.4) is 0 Å². The molecule has 0 amide bonds. The Morgan fingerprint density at radius 1 is 1.30 bits per heavy atom. The van der Waals surface area contributed by atoms with Crippen molar-refractivity contribution in [3.8, 4) is 0 Å². The molecule has 0 aliphatic rings. The van der Waals surface area contributed by atoms with Gasteiger partial charge in [-0.2, -0.15) is 0 Å². The van der Waals surface area contributed by atoms with Crippen molar-refractivity contribution in [3.63, 3.8) is 0 Å². The quantitative estimate of drug-likeness (QED) is 0.650. The van der Waals surface area contributed by atoms with Crippen LogP contribution >= 0.6 is 0 Å². The van der Waals surface area contributed by atoms with E-state index in [1.807, 2.05) is 20.8 Å². The second kappa shape index (κ2) is 8.92. The molecule has 0 radical (unpaired) electrons. The molecule has 2 heteroatoms. The van der Waals surface area contributed by atoms with Gasteiger partial charge in [-0.25, -0.2) is 0 Å². The summed E-state index contributed by atoms with van der Waals surface area (Å²) in [5.41, 5.74) is 5.51. The second-order valence-corrected chi connectivity index (χ2v) is 2.57. The average Bonchev–Trinajstić information content (AvgIpc) is 1.89. The third kappa shape index (κ3) is 15.7. The highest BCUT2D eigenvalue weighted by Crippen LogP contribution is 1.86. The summed E-state index contributed by atoms with van der Waals surface area (Å²) in [5, 5.41) is 0. The summed E-state index contributed by atoms with van der Waals surface area (Å²) in [7, 11) is 4.12. The largest absolute Gasteiger partial charge is 0.328 e. The minimum Gasteiger partial charge on any atom is -0.328 e. The molecule has 64 valence electrons. The predicted molar refractivity (Wildman–Crippen MR) is 48.2 cm³/mol. The van der Waals surface area contributed by atoms with Crippen molar-refractivity contribution in [1.29, 1.82) is 0 Å². The SMILES string of the molecule is CC.CC(N)CCN(C)C. The summed E-state index contributed by atoms with van der Waals surface area (Å²) < 4.78 is 0. The molecule has 0 saturated carbocycles. The Labute approximate surface area is 65.4 Å². The Morgan fingerprint density at radius 3 is 1.80 bits per heavy atom. The molecule has 0 aromatic carbocycles. The molecule has 0 aromatic rings. The van der Waals surface area contributed by atoms with E-state index in [1.165, 1.54) is 0 Å². The van der Waals surface area contributed by atoms with Crippen LogP contribution < -0.4 is 5.73 Å². The Morgan fingerprint density at radius 2 is 1.70 bits per heavy atom. The fourth-order valence-electron chi connectivity index (χ4n) is 0.462. The Bertz CT molecular complexity index is 43.2. The van der Waals surface area contributed by atoms with Gasteiger partial charge in [0.15, 0.2) is 0 Å². The summed E-state index contributed by atoms with van der Waals surface area (Å²) >= 11 is 0. The first-order chi connectivity index (χ1) is 4.63. The maximum Gasteiger partial charge on any atom is 0.00226 e. The normalized spacial score (nSPS) is 12.3. The third-order valence-corrected chi connectivity index (χ3v) is 1.03. The minimum absolute atomic E-state index is 0.345. The van der Waals surface area contributed by atoms with Crippen LogP contribution in [0.15, 0.2) is 0 Å². The smallest absolute Gasteiger partial charge is 0.00226 e. The monoisotopic (exact) mass is 146 g/mol. The molecule has 0 fully saturated rings. The number of nitrogens with two attached hydrogens (primary N) is 1. The van der Waals surface area contributed by atoms with Crippen molar-refractivity contribution in [2.45, 2.75) is 33.2 Å². The van der Waals surface area contributed by atoms with Crippen LogP contribution in [-0.2, 0) is 0 Å². The van der Waals surface area contributed by atoms with Crippen LogP contribution in [0.1, 0.15) is 27.2 Å². The third-order valence-electron chi connectivity index (χ3n) is 1.03. The van der Waals surface area contributed by atoms with E-state index >= 15 is 0 Å². The van der Waals surface area contributed by atoms with Crippen molar-refractivity contribution in [3.05, 3.63) is 0 Å². The van der Waals surface area contributed by atoms with Gasteiger partial charge < -0.3 is 10.6 Å². The molecule has 1 atom stereocenters. The van der Waals surface area contributed by atoms with Gasteiger partial charge in [-0.3, -0.25) is 0 Å². The molecule has 0 rings (SSSR count). The highest BCUT2D eigenvalue weighted by atomic mass is 15.0. The molecule has 0 spiro atoms. The van der Waals surface area contributed by atoms with Crippen LogP contribution in [-0.4, -0.2) is 31.6 Å². The van der Waals surface area contributed by atoms with E-state index in [1.54, 1.807) is 0 Å². The van der Waals surface area contributed by atoms with Gasteiger partial charge in [0.1, 0.15) is 0 Å². The predicted octanol–water partition coefficient (Wildman–Crippen LogP) is 1.31. The van der Waals surface area contributed by atoms with Gasteiger partial charge in [-0.1, -0.05) is 13.8 Å². The summed E-state index contributed by atoms with van der Waals surface area (Å²) in [6, 6.07) is 0.345. The fourth-order valence-corrected chi connectivity index (χ4v) is 0.462. The van der Waals surface area contributed by atoms with Gasteiger partial charge in [-0.05, 0) is 34.0 Å². The minimum atomic E-state index is 0.345. The van der Waals surface area contributed by atoms with Gasteiger partial charge in [0.2, 0.25) is 0 Å². The van der Waals surface area contributed by atoms with Crippen molar-refractivity contribution >= 4 is 0 Å².